The number of halogens is 1. The molecule has 33 heavy (non-hydrogen) atoms. The SMILES string of the molecule is COC(=O)C1=C(C)N(c2ccccc2Cl)C(=O)/C1=C\c1cc(C)n(-c2ccc(C)cc2)c1C. The van der Waals surface area contributed by atoms with Crippen LogP contribution in [0.25, 0.3) is 11.8 Å². The van der Waals surface area contributed by atoms with E-state index in [4.69, 9.17) is 16.3 Å². The first kappa shape index (κ1) is 22.6. The summed E-state index contributed by atoms with van der Waals surface area (Å²) in [5.41, 5.74) is 6.60. The minimum absolute atomic E-state index is 0.238. The lowest BCUT2D eigenvalue weighted by Gasteiger charge is -2.19. The molecule has 1 aromatic heterocycles. The molecule has 0 N–H and O–H groups in total. The minimum atomic E-state index is -0.561. The average Bonchev–Trinajstić information content (AvgIpc) is 3.20. The second kappa shape index (κ2) is 8.75. The largest absolute Gasteiger partial charge is 0.465 e. The monoisotopic (exact) mass is 460 g/mol. The molecule has 5 nitrogen and oxygen atoms in total. The number of anilines is 1. The highest BCUT2D eigenvalue weighted by Crippen LogP contribution is 2.39. The van der Waals surface area contributed by atoms with Gasteiger partial charge in [0.05, 0.1) is 29.0 Å². The summed E-state index contributed by atoms with van der Waals surface area (Å²) in [6.45, 7) is 7.79. The van der Waals surface area contributed by atoms with Crippen LogP contribution in [-0.2, 0) is 14.3 Å². The molecule has 0 unspecified atom stereocenters. The van der Waals surface area contributed by atoms with Gasteiger partial charge in [-0.05, 0) is 69.7 Å². The van der Waals surface area contributed by atoms with Crippen LogP contribution in [0.3, 0.4) is 0 Å². The zero-order chi connectivity index (χ0) is 23.9. The van der Waals surface area contributed by atoms with Crippen LogP contribution in [0.2, 0.25) is 5.02 Å². The number of methoxy groups -OCH3 is 1. The zero-order valence-corrected chi connectivity index (χ0v) is 20.0. The molecule has 0 saturated heterocycles. The summed E-state index contributed by atoms with van der Waals surface area (Å²) in [5.74, 6) is -0.880. The number of carbonyl (C=O) groups is 2. The maximum atomic E-state index is 13.6. The van der Waals surface area contributed by atoms with E-state index in [1.165, 1.54) is 17.6 Å². The summed E-state index contributed by atoms with van der Waals surface area (Å²) in [6, 6.07) is 17.3. The van der Waals surface area contributed by atoms with Gasteiger partial charge in [-0.3, -0.25) is 9.69 Å². The van der Waals surface area contributed by atoms with Crippen molar-refractivity contribution in [3.8, 4) is 5.69 Å². The van der Waals surface area contributed by atoms with Gasteiger partial charge in [0.25, 0.3) is 5.91 Å². The fraction of sp³-hybridized carbons (Fsp3) is 0.185. The van der Waals surface area contributed by atoms with Crippen LogP contribution >= 0.6 is 11.6 Å². The molecule has 0 bridgehead atoms. The molecule has 6 heteroatoms. The molecule has 0 saturated carbocycles. The van der Waals surface area contributed by atoms with Gasteiger partial charge in [-0.25, -0.2) is 4.79 Å². The Morgan fingerprint density at radius 2 is 1.67 bits per heavy atom. The van der Waals surface area contributed by atoms with E-state index in [0.717, 1.165) is 22.6 Å². The number of para-hydroxylation sites is 1. The number of rotatable bonds is 4. The normalized spacial score (nSPS) is 15.0. The number of carbonyl (C=O) groups excluding carboxylic acids is 2. The van der Waals surface area contributed by atoms with Gasteiger partial charge in [-0.2, -0.15) is 0 Å². The molecule has 2 aromatic carbocycles. The van der Waals surface area contributed by atoms with E-state index in [9.17, 15) is 9.59 Å². The second-order valence-electron chi connectivity index (χ2n) is 8.10. The molecule has 168 valence electrons. The number of hydrogen-bond donors (Lipinski definition) is 0. The van der Waals surface area contributed by atoms with Crippen LogP contribution < -0.4 is 4.90 Å². The Hall–Kier alpha value is -3.57. The first-order chi connectivity index (χ1) is 15.7. The molecular formula is C27H25ClN2O3. The summed E-state index contributed by atoms with van der Waals surface area (Å²) in [5, 5.41) is 0.424. The fourth-order valence-corrected chi connectivity index (χ4v) is 4.50. The fourth-order valence-electron chi connectivity index (χ4n) is 4.28. The van der Waals surface area contributed by atoms with Crippen LogP contribution in [0.15, 0.2) is 71.4 Å². The summed E-state index contributed by atoms with van der Waals surface area (Å²) in [6.07, 6.45) is 1.77. The van der Waals surface area contributed by atoms with Crippen LogP contribution in [-0.4, -0.2) is 23.6 Å². The summed E-state index contributed by atoms with van der Waals surface area (Å²) < 4.78 is 7.15. The third kappa shape index (κ3) is 3.89. The van der Waals surface area contributed by atoms with Crippen LogP contribution in [0.4, 0.5) is 5.69 Å². The maximum Gasteiger partial charge on any atom is 0.340 e. The summed E-state index contributed by atoms with van der Waals surface area (Å²) in [7, 11) is 1.31. The molecule has 4 rings (SSSR count). The van der Waals surface area contributed by atoms with Gasteiger partial charge in [0.1, 0.15) is 0 Å². The van der Waals surface area contributed by atoms with Gasteiger partial charge in [0, 0.05) is 22.8 Å². The molecule has 1 aliphatic rings. The van der Waals surface area contributed by atoms with Crippen molar-refractivity contribution in [1.29, 1.82) is 0 Å². The molecule has 2 heterocycles. The molecule has 0 radical (unpaired) electrons. The highest BCUT2D eigenvalue weighted by molar-refractivity contribution is 6.35. The van der Waals surface area contributed by atoms with Gasteiger partial charge in [0.2, 0.25) is 0 Å². The Labute approximate surface area is 198 Å². The molecular weight excluding hydrogens is 436 g/mol. The van der Waals surface area contributed by atoms with Crippen molar-refractivity contribution in [3.63, 3.8) is 0 Å². The predicted molar refractivity (Wildman–Crippen MR) is 132 cm³/mol. The molecule has 0 spiro atoms. The molecule has 0 aliphatic carbocycles. The molecule has 1 aliphatic heterocycles. The molecule has 0 fully saturated rings. The lowest BCUT2D eigenvalue weighted by molar-refractivity contribution is -0.136. The van der Waals surface area contributed by atoms with Crippen LogP contribution in [0.1, 0.15) is 29.4 Å². The number of benzene rings is 2. The van der Waals surface area contributed by atoms with Crippen molar-refractivity contribution in [2.45, 2.75) is 27.7 Å². The maximum absolute atomic E-state index is 13.6. The van der Waals surface area contributed by atoms with E-state index < -0.39 is 5.97 Å². The Bertz CT molecular complexity index is 1330. The van der Waals surface area contributed by atoms with E-state index >= 15 is 0 Å². The number of aryl methyl sites for hydroxylation is 2. The molecule has 3 aromatic rings. The summed E-state index contributed by atoms with van der Waals surface area (Å²) >= 11 is 6.38. The average molecular weight is 461 g/mol. The van der Waals surface area contributed by atoms with E-state index in [1.54, 1.807) is 37.3 Å². The van der Waals surface area contributed by atoms with Crippen molar-refractivity contribution < 1.29 is 14.3 Å². The number of amides is 1. The smallest absolute Gasteiger partial charge is 0.340 e. The van der Waals surface area contributed by atoms with Crippen molar-refractivity contribution in [1.82, 2.24) is 4.57 Å². The van der Waals surface area contributed by atoms with Crippen molar-refractivity contribution in [3.05, 3.63) is 99.0 Å². The number of hydrogen-bond acceptors (Lipinski definition) is 3. The third-order valence-corrected chi connectivity index (χ3v) is 6.26. The Morgan fingerprint density at radius 3 is 2.30 bits per heavy atom. The molecule has 0 atom stereocenters. The lowest BCUT2D eigenvalue weighted by Crippen LogP contribution is -2.24. The first-order valence-electron chi connectivity index (χ1n) is 10.6. The minimum Gasteiger partial charge on any atom is -0.465 e. The van der Waals surface area contributed by atoms with Crippen molar-refractivity contribution in [2.24, 2.45) is 0 Å². The Morgan fingerprint density at radius 1 is 1.00 bits per heavy atom. The van der Waals surface area contributed by atoms with Gasteiger partial charge in [-0.15, -0.1) is 0 Å². The van der Waals surface area contributed by atoms with E-state index in [0.29, 0.717) is 16.4 Å². The van der Waals surface area contributed by atoms with E-state index in [-0.39, 0.29) is 17.1 Å². The number of esters is 1. The van der Waals surface area contributed by atoms with Crippen LogP contribution in [0, 0.1) is 20.8 Å². The Balaban J connectivity index is 1.86. The third-order valence-electron chi connectivity index (χ3n) is 5.95. The van der Waals surface area contributed by atoms with Crippen molar-refractivity contribution in [2.75, 3.05) is 12.0 Å². The first-order valence-corrected chi connectivity index (χ1v) is 11.0. The van der Waals surface area contributed by atoms with Gasteiger partial charge in [-0.1, -0.05) is 41.4 Å². The van der Waals surface area contributed by atoms with Gasteiger partial charge >= 0.3 is 5.97 Å². The van der Waals surface area contributed by atoms with E-state index in [2.05, 4.69) is 35.8 Å². The molecule has 1 amide bonds. The standard InChI is InChI=1S/C27H25ClN2O3/c1-16-10-12-21(13-11-16)29-17(2)14-20(18(29)3)15-22-25(27(32)33-5)19(4)30(26(22)31)24-9-7-6-8-23(24)28/h6-15H,1-5H3/b22-15-. The Kier molecular flexibility index (Phi) is 6.00. The quantitative estimate of drug-likeness (QED) is 0.358. The zero-order valence-electron chi connectivity index (χ0n) is 19.3. The van der Waals surface area contributed by atoms with Gasteiger partial charge < -0.3 is 9.30 Å². The number of ether oxygens (including phenoxy) is 1. The lowest BCUT2D eigenvalue weighted by atomic mass is 10.0. The second-order valence-corrected chi connectivity index (χ2v) is 8.51. The predicted octanol–water partition coefficient (Wildman–Crippen LogP) is 5.93. The van der Waals surface area contributed by atoms with E-state index in [1.807, 2.05) is 19.9 Å². The number of allylic oxidation sites excluding steroid dienone is 1. The highest BCUT2D eigenvalue weighted by atomic mass is 35.5. The summed E-state index contributed by atoms with van der Waals surface area (Å²) in [4.78, 5) is 27.7. The van der Waals surface area contributed by atoms with Crippen LogP contribution in [0.5, 0.6) is 0 Å². The number of aromatic nitrogens is 1. The van der Waals surface area contributed by atoms with Crippen molar-refractivity contribution >= 4 is 35.2 Å². The van der Waals surface area contributed by atoms with Gasteiger partial charge in [0.15, 0.2) is 0 Å². The highest BCUT2D eigenvalue weighted by Gasteiger charge is 2.38. The topological polar surface area (TPSA) is 51.5 Å². The number of nitrogens with zero attached hydrogens (tertiary/aromatic N) is 2.